The first kappa shape index (κ1) is 18.4. The molecule has 2 fully saturated rings. The van der Waals surface area contributed by atoms with Crippen molar-refractivity contribution in [3.63, 3.8) is 0 Å². The van der Waals surface area contributed by atoms with Crippen LogP contribution in [-0.2, 0) is 36.5 Å². The molecule has 0 spiro atoms. The third kappa shape index (κ3) is 4.00. The molecule has 0 radical (unpaired) electrons. The van der Waals surface area contributed by atoms with E-state index in [2.05, 4.69) is 5.32 Å². The highest BCUT2D eigenvalue weighted by atomic mass is 32.2. The summed E-state index contributed by atoms with van der Waals surface area (Å²) in [6.45, 7) is -2.19. The topological polar surface area (TPSA) is 102 Å². The number of hydrogen-bond acceptors (Lipinski definition) is 6. The van der Waals surface area contributed by atoms with E-state index in [1.165, 1.54) is 6.92 Å². The Labute approximate surface area is 192 Å². The number of β-lactam (4-membered cyclic amide) rings is 1. The minimum atomic E-state index is -2.85. The van der Waals surface area contributed by atoms with Crippen molar-refractivity contribution in [3.05, 3.63) is 66.2 Å². The Hall–Kier alpha value is -3.20. The van der Waals surface area contributed by atoms with Gasteiger partial charge in [-0.2, -0.15) is 0 Å². The highest BCUT2D eigenvalue weighted by Crippen LogP contribution is 2.43. The highest BCUT2D eigenvalue weighted by Gasteiger charge is 2.68. The van der Waals surface area contributed by atoms with Gasteiger partial charge >= 0.3 is 5.97 Å². The fourth-order valence-electron chi connectivity index (χ4n) is 3.77. The minimum Gasteiger partial charge on any atom is -0.484 e. The zero-order chi connectivity index (χ0) is 25.4. The summed E-state index contributed by atoms with van der Waals surface area (Å²) in [6, 6.07) is 14.5. The van der Waals surface area contributed by atoms with Gasteiger partial charge in [-0.05, 0) is 31.5 Å². The van der Waals surface area contributed by atoms with Crippen molar-refractivity contribution < 1.29 is 32.2 Å². The molecule has 1 unspecified atom stereocenters. The highest BCUT2D eigenvalue weighted by molar-refractivity contribution is 7.87. The predicted octanol–water partition coefficient (Wildman–Crippen LogP) is 1.37. The Balaban J connectivity index is 1.50. The molecule has 32 heavy (non-hydrogen) atoms. The second-order valence-electron chi connectivity index (χ2n) is 7.68. The van der Waals surface area contributed by atoms with E-state index in [0.29, 0.717) is 11.3 Å². The summed E-state index contributed by atoms with van der Waals surface area (Å²) < 4.78 is 46.0. The summed E-state index contributed by atoms with van der Waals surface area (Å²) in [5.74, 6) is -1.86. The van der Waals surface area contributed by atoms with Crippen LogP contribution in [0.25, 0.3) is 0 Å². The molecule has 0 saturated carbocycles. The van der Waals surface area contributed by atoms with Crippen LogP contribution in [0.2, 0.25) is 0 Å². The molecule has 2 heterocycles. The van der Waals surface area contributed by atoms with E-state index in [1.54, 1.807) is 60.7 Å². The van der Waals surface area contributed by atoms with Gasteiger partial charge in [0, 0.05) is 4.11 Å². The second-order valence-corrected chi connectivity index (χ2v) is 9.61. The molecule has 2 saturated heterocycles. The molecular formula is C23H24N2O6S. The van der Waals surface area contributed by atoms with Gasteiger partial charge < -0.3 is 19.7 Å². The van der Waals surface area contributed by atoms with Gasteiger partial charge in [0.1, 0.15) is 29.8 Å². The molecule has 2 aromatic rings. The van der Waals surface area contributed by atoms with Crippen LogP contribution in [0.15, 0.2) is 60.7 Å². The van der Waals surface area contributed by atoms with Gasteiger partial charge in [0.05, 0.1) is 15.5 Å². The number of amides is 2. The standard InChI is InChI=1S/C23H24N2O6S/c1-23(2)19(22(28)31-13-15-9-5-3-6-10-15)25-20(27)18(21(25)32(23)29)24-17(26)14-30-16-11-7-4-8-12-16/h3-12,18-19,21H,13-14H2,1-2H3,(H,24,26)/t18-,19+,21-,32?/m1/s1/i1D3/t18-,19+,21-,23-,32?. The first-order chi connectivity index (χ1) is 16.6. The molecule has 2 aromatic carbocycles. The Morgan fingerprint density at radius 3 is 2.47 bits per heavy atom. The lowest BCUT2D eigenvalue weighted by atomic mass is 9.96. The van der Waals surface area contributed by atoms with Crippen molar-refractivity contribution in [2.45, 2.75) is 42.6 Å². The lowest BCUT2D eigenvalue weighted by molar-refractivity contribution is -0.165. The van der Waals surface area contributed by atoms with Crippen LogP contribution in [0.4, 0.5) is 0 Å². The first-order valence-corrected chi connectivity index (χ1v) is 11.2. The summed E-state index contributed by atoms with van der Waals surface area (Å²) in [4.78, 5) is 39.3. The molecular weight excluding hydrogens is 432 g/mol. The number of hydrogen-bond donors (Lipinski definition) is 1. The maximum absolute atomic E-state index is 13.4. The Kier molecular flexibility index (Phi) is 5.02. The van der Waals surface area contributed by atoms with Crippen molar-refractivity contribution in [2.75, 3.05) is 6.61 Å². The number of nitrogens with zero attached hydrogens (tertiary/aromatic N) is 1. The zero-order valence-electron chi connectivity index (χ0n) is 20.2. The Bertz CT molecular complexity index is 1150. The molecule has 2 amide bonds. The molecule has 168 valence electrons. The van der Waals surface area contributed by atoms with Crippen LogP contribution in [0.5, 0.6) is 5.75 Å². The maximum Gasteiger partial charge on any atom is 0.330 e. The summed E-state index contributed by atoms with van der Waals surface area (Å²) in [6.07, 6.45) is 0. The zero-order valence-corrected chi connectivity index (χ0v) is 18.0. The fourth-order valence-corrected chi connectivity index (χ4v) is 5.57. The van der Waals surface area contributed by atoms with Gasteiger partial charge in [-0.1, -0.05) is 48.5 Å². The van der Waals surface area contributed by atoms with Gasteiger partial charge in [0.25, 0.3) is 5.91 Å². The van der Waals surface area contributed by atoms with Crippen molar-refractivity contribution in [2.24, 2.45) is 0 Å². The Morgan fingerprint density at radius 2 is 1.81 bits per heavy atom. The van der Waals surface area contributed by atoms with Crippen molar-refractivity contribution in [3.8, 4) is 5.75 Å². The molecule has 2 aliphatic heterocycles. The number of para-hydroxylation sites is 1. The number of carbonyl (C=O) groups is 3. The number of rotatable bonds is 7. The van der Waals surface area contributed by atoms with Crippen LogP contribution in [0.3, 0.4) is 0 Å². The quantitative estimate of drug-likeness (QED) is 0.496. The van der Waals surface area contributed by atoms with Gasteiger partial charge in [0.2, 0.25) is 5.91 Å². The van der Waals surface area contributed by atoms with E-state index in [1.807, 2.05) is 0 Å². The molecule has 8 nitrogen and oxygen atoms in total. The number of ether oxygens (including phenoxy) is 2. The average molecular weight is 460 g/mol. The number of nitrogens with one attached hydrogen (secondary N) is 1. The fraction of sp³-hybridized carbons (Fsp3) is 0.348. The number of benzene rings is 2. The molecule has 2 aliphatic rings. The van der Waals surface area contributed by atoms with Crippen LogP contribution in [0, 0.1) is 0 Å². The van der Waals surface area contributed by atoms with Crippen LogP contribution < -0.4 is 10.1 Å². The van der Waals surface area contributed by atoms with E-state index in [4.69, 9.17) is 13.6 Å². The van der Waals surface area contributed by atoms with Gasteiger partial charge in [-0.15, -0.1) is 0 Å². The Morgan fingerprint density at radius 1 is 1.16 bits per heavy atom. The first-order valence-electron chi connectivity index (χ1n) is 11.5. The van der Waals surface area contributed by atoms with E-state index < -0.39 is 64.2 Å². The molecule has 5 atom stereocenters. The SMILES string of the molecule is [2H]C([2H])([2H])[C@@]1(C)[C@H](C(=O)OCc2ccccc2)N2C(=O)[C@@H](NC(=O)COc3ccccc3)[C@H]2S1=O. The van der Waals surface area contributed by atoms with Crippen LogP contribution >= 0.6 is 0 Å². The summed E-state index contributed by atoms with van der Waals surface area (Å²) >= 11 is 0. The van der Waals surface area contributed by atoms with Crippen LogP contribution in [-0.4, -0.2) is 55.7 Å². The number of fused-ring (bicyclic) bond motifs is 1. The number of esters is 1. The molecule has 0 bridgehead atoms. The van der Waals surface area contributed by atoms with E-state index >= 15 is 0 Å². The predicted molar refractivity (Wildman–Crippen MR) is 117 cm³/mol. The monoisotopic (exact) mass is 459 g/mol. The molecule has 0 aromatic heterocycles. The van der Waals surface area contributed by atoms with Gasteiger partial charge in [0.15, 0.2) is 6.61 Å². The van der Waals surface area contributed by atoms with Crippen molar-refractivity contribution in [1.29, 1.82) is 0 Å². The molecule has 1 N–H and O–H groups in total. The minimum absolute atomic E-state index is 0.135. The largest absolute Gasteiger partial charge is 0.484 e. The van der Waals surface area contributed by atoms with Gasteiger partial charge in [-0.3, -0.25) is 13.8 Å². The average Bonchev–Trinajstić information content (AvgIpc) is 3.06. The molecule has 4 rings (SSSR count). The van der Waals surface area contributed by atoms with Crippen molar-refractivity contribution in [1.82, 2.24) is 10.2 Å². The lowest BCUT2D eigenvalue weighted by Gasteiger charge is -2.43. The maximum atomic E-state index is 13.4. The summed E-state index contributed by atoms with van der Waals surface area (Å²) in [5, 5.41) is 1.28. The summed E-state index contributed by atoms with van der Waals surface area (Å²) in [5.41, 5.74) is 0.672. The third-order valence-electron chi connectivity index (χ3n) is 5.39. The van der Waals surface area contributed by atoms with E-state index in [9.17, 15) is 18.6 Å². The van der Waals surface area contributed by atoms with Crippen LogP contribution in [0.1, 0.15) is 23.5 Å². The van der Waals surface area contributed by atoms with E-state index in [0.717, 1.165) is 4.90 Å². The smallest absolute Gasteiger partial charge is 0.330 e. The van der Waals surface area contributed by atoms with E-state index in [-0.39, 0.29) is 6.61 Å². The molecule has 9 heteroatoms. The normalized spacial score (nSPS) is 30.2. The van der Waals surface area contributed by atoms with Crippen molar-refractivity contribution >= 4 is 28.6 Å². The number of carbonyl (C=O) groups excluding carboxylic acids is 3. The van der Waals surface area contributed by atoms with Gasteiger partial charge in [-0.25, -0.2) is 4.79 Å². The molecule has 0 aliphatic carbocycles. The second kappa shape index (κ2) is 8.74. The lowest BCUT2D eigenvalue weighted by Crippen LogP contribution is -2.71. The summed E-state index contributed by atoms with van der Waals surface area (Å²) in [7, 11) is -2.20. The third-order valence-corrected chi connectivity index (χ3v) is 7.39.